The molecule has 0 spiro atoms. The average Bonchev–Trinajstić information content (AvgIpc) is 2.29. The molecular formula is C12H11NO3. The maximum absolute atomic E-state index is 11.5. The molecule has 0 N–H and O–H groups in total. The highest BCUT2D eigenvalue weighted by molar-refractivity contribution is 6.05. The van der Waals surface area contributed by atoms with Gasteiger partial charge in [0.1, 0.15) is 6.42 Å². The Morgan fingerprint density at radius 1 is 1.31 bits per heavy atom. The van der Waals surface area contributed by atoms with Gasteiger partial charge in [0, 0.05) is 5.56 Å². The topological polar surface area (TPSA) is 67.2 Å². The highest BCUT2D eigenvalue weighted by Gasteiger charge is 2.12. The Balaban J connectivity index is 2.67. The van der Waals surface area contributed by atoms with Gasteiger partial charge in [0.15, 0.2) is 5.78 Å². The summed E-state index contributed by atoms with van der Waals surface area (Å²) in [5.74, 6) is -0.834. The lowest BCUT2D eigenvalue weighted by Gasteiger charge is -2.01. The monoisotopic (exact) mass is 217 g/mol. The van der Waals surface area contributed by atoms with Gasteiger partial charge in [-0.25, -0.2) is 0 Å². The zero-order valence-corrected chi connectivity index (χ0v) is 8.90. The molecule has 16 heavy (non-hydrogen) atoms. The molecule has 0 fully saturated rings. The molecule has 1 rings (SSSR count). The molecule has 0 radical (unpaired) electrons. The van der Waals surface area contributed by atoms with Crippen LogP contribution in [0.5, 0.6) is 0 Å². The molecule has 4 heteroatoms. The third-order valence-corrected chi connectivity index (χ3v) is 1.95. The minimum Gasteiger partial charge on any atom is -0.466 e. The van der Waals surface area contributed by atoms with Crippen molar-refractivity contribution in [1.29, 1.82) is 5.26 Å². The Kier molecular flexibility index (Phi) is 4.22. The van der Waals surface area contributed by atoms with E-state index in [1.54, 1.807) is 19.1 Å². The SMILES string of the molecule is CCOC(=O)CC(=O)c1ccc(C#N)cc1. The van der Waals surface area contributed by atoms with E-state index in [9.17, 15) is 9.59 Å². The molecule has 0 bridgehead atoms. The maximum Gasteiger partial charge on any atom is 0.313 e. The van der Waals surface area contributed by atoms with E-state index in [0.29, 0.717) is 11.1 Å². The number of rotatable bonds is 4. The van der Waals surface area contributed by atoms with Crippen molar-refractivity contribution in [3.05, 3.63) is 35.4 Å². The fourth-order valence-corrected chi connectivity index (χ4v) is 1.18. The maximum atomic E-state index is 11.5. The summed E-state index contributed by atoms with van der Waals surface area (Å²) in [5.41, 5.74) is 0.889. The van der Waals surface area contributed by atoms with Crippen LogP contribution in [0.25, 0.3) is 0 Å². The van der Waals surface area contributed by atoms with Crippen LogP contribution < -0.4 is 0 Å². The Labute approximate surface area is 93.5 Å². The molecule has 0 saturated heterocycles. The second-order valence-corrected chi connectivity index (χ2v) is 3.09. The standard InChI is InChI=1S/C12H11NO3/c1-2-16-12(15)7-11(14)10-5-3-9(8-13)4-6-10/h3-6H,2,7H2,1H3. The van der Waals surface area contributed by atoms with Crippen LogP contribution in [0.3, 0.4) is 0 Å². The highest BCUT2D eigenvalue weighted by Crippen LogP contribution is 2.06. The van der Waals surface area contributed by atoms with Crippen LogP contribution in [0.4, 0.5) is 0 Å². The first-order valence-electron chi connectivity index (χ1n) is 4.86. The summed E-state index contributed by atoms with van der Waals surface area (Å²) < 4.78 is 4.67. The number of nitrogens with zero attached hydrogens (tertiary/aromatic N) is 1. The molecular weight excluding hydrogens is 206 g/mol. The van der Waals surface area contributed by atoms with Crippen molar-refractivity contribution < 1.29 is 14.3 Å². The van der Waals surface area contributed by atoms with Crippen molar-refractivity contribution in [1.82, 2.24) is 0 Å². The Morgan fingerprint density at radius 3 is 2.44 bits per heavy atom. The summed E-state index contributed by atoms with van der Waals surface area (Å²) in [5, 5.41) is 8.57. The first-order chi connectivity index (χ1) is 7.67. The molecule has 0 saturated carbocycles. The van der Waals surface area contributed by atoms with E-state index in [0.717, 1.165) is 0 Å². The van der Waals surface area contributed by atoms with Gasteiger partial charge in [-0.1, -0.05) is 12.1 Å². The number of ketones is 1. The van der Waals surface area contributed by atoms with E-state index < -0.39 is 5.97 Å². The fraction of sp³-hybridized carbons (Fsp3) is 0.250. The van der Waals surface area contributed by atoms with Gasteiger partial charge in [0.05, 0.1) is 18.2 Å². The van der Waals surface area contributed by atoms with Gasteiger partial charge in [-0.3, -0.25) is 9.59 Å². The molecule has 0 aromatic heterocycles. The molecule has 1 aromatic carbocycles. The smallest absolute Gasteiger partial charge is 0.313 e. The van der Waals surface area contributed by atoms with Crippen LogP contribution in [0.15, 0.2) is 24.3 Å². The Morgan fingerprint density at radius 2 is 1.94 bits per heavy atom. The number of carbonyl (C=O) groups excluding carboxylic acids is 2. The molecule has 4 nitrogen and oxygen atoms in total. The normalized spacial score (nSPS) is 9.25. The van der Waals surface area contributed by atoms with E-state index in [4.69, 9.17) is 5.26 Å². The summed E-state index contributed by atoms with van der Waals surface area (Å²) >= 11 is 0. The predicted octanol–water partition coefficient (Wildman–Crippen LogP) is 1.69. The summed E-state index contributed by atoms with van der Waals surface area (Å²) in [6.45, 7) is 1.95. The van der Waals surface area contributed by atoms with Crippen LogP contribution >= 0.6 is 0 Å². The number of hydrogen-bond donors (Lipinski definition) is 0. The molecule has 0 heterocycles. The number of carbonyl (C=O) groups is 2. The molecule has 0 aliphatic carbocycles. The lowest BCUT2D eigenvalue weighted by atomic mass is 10.1. The van der Waals surface area contributed by atoms with Crippen LogP contribution in [0.2, 0.25) is 0 Å². The van der Waals surface area contributed by atoms with Crippen molar-refractivity contribution in [2.24, 2.45) is 0 Å². The first kappa shape index (κ1) is 11.9. The zero-order valence-electron chi connectivity index (χ0n) is 8.90. The minimum atomic E-state index is -0.531. The van der Waals surface area contributed by atoms with Crippen LogP contribution in [-0.2, 0) is 9.53 Å². The largest absolute Gasteiger partial charge is 0.466 e. The van der Waals surface area contributed by atoms with E-state index in [1.807, 2.05) is 6.07 Å². The van der Waals surface area contributed by atoms with E-state index in [-0.39, 0.29) is 18.8 Å². The second kappa shape index (κ2) is 5.66. The Hall–Kier alpha value is -2.15. The van der Waals surface area contributed by atoms with Gasteiger partial charge in [-0.2, -0.15) is 5.26 Å². The number of hydrogen-bond acceptors (Lipinski definition) is 4. The summed E-state index contributed by atoms with van der Waals surface area (Å²) in [7, 11) is 0. The second-order valence-electron chi connectivity index (χ2n) is 3.09. The van der Waals surface area contributed by atoms with Crippen molar-refractivity contribution in [3.8, 4) is 6.07 Å². The van der Waals surface area contributed by atoms with Crippen LogP contribution in [-0.4, -0.2) is 18.4 Å². The number of Topliss-reactive ketones (excluding diaryl/α,β-unsaturated/α-hetero) is 1. The van der Waals surface area contributed by atoms with E-state index >= 15 is 0 Å². The lowest BCUT2D eigenvalue weighted by molar-refractivity contribution is -0.141. The molecule has 0 aliphatic heterocycles. The molecule has 0 aliphatic rings. The Bertz CT molecular complexity index is 429. The van der Waals surface area contributed by atoms with Crippen molar-refractivity contribution in [3.63, 3.8) is 0 Å². The van der Waals surface area contributed by atoms with Crippen LogP contribution in [0, 0.1) is 11.3 Å². The summed E-state index contributed by atoms with van der Waals surface area (Å²) in [6.07, 6.45) is -0.264. The number of esters is 1. The molecule has 1 aromatic rings. The molecule has 82 valence electrons. The third-order valence-electron chi connectivity index (χ3n) is 1.95. The molecule has 0 amide bonds. The minimum absolute atomic E-state index is 0.263. The first-order valence-corrected chi connectivity index (χ1v) is 4.86. The van der Waals surface area contributed by atoms with Crippen molar-refractivity contribution in [2.75, 3.05) is 6.61 Å². The van der Waals surface area contributed by atoms with Gasteiger partial charge >= 0.3 is 5.97 Å². The fourth-order valence-electron chi connectivity index (χ4n) is 1.18. The zero-order chi connectivity index (χ0) is 12.0. The van der Waals surface area contributed by atoms with Crippen LogP contribution in [0.1, 0.15) is 29.3 Å². The number of benzene rings is 1. The molecule has 0 unspecified atom stereocenters. The van der Waals surface area contributed by atoms with Gasteiger partial charge < -0.3 is 4.74 Å². The third kappa shape index (κ3) is 3.21. The predicted molar refractivity (Wildman–Crippen MR) is 56.7 cm³/mol. The van der Waals surface area contributed by atoms with Gasteiger partial charge in [0.2, 0.25) is 0 Å². The van der Waals surface area contributed by atoms with E-state index in [1.165, 1.54) is 12.1 Å². The molecule has 0 atom stereocenters. The quantitative estimate of drug-likeness (QED) is 0.437. The van der Waals surface area contributed by atoms with Gasteiger partial charge in [-0.15, -0.1) is 0 Å². The number of nitriles is 1. The van der Waals surface area contributed by atoms with Gasteiger partial charge in [0.25, 0.3) is 0 Å². The lowest BCUT2D eigenvalue weighted by Crippen LogP contribution is -2.11. The van der Waals surface area contributed by atoms with Gasteiger partial charge in [-0.05, 0) is 19.1 Å². The van der Waals surface area contributed by atoms with E-state index in [2.05, 4.69) is 4.74 Å². The van der Waals surface area contributed by atoms with Crippen molar-refractivity contribution in [2.45, 2.75) is 13.3 Å². The van der Waals surface area contributed by atoms with Crippen molar-refractivity contribution >= 4 is 11.8 Å². The average molecular weight is 217 g/mol. The number of ether oxygens (including phenoxy) is 1. The summed E-state index contributed by atoms with van der Waals surface area (Å²) in [4.78, 5) is 22.6. The summed E-state index contributed by atoms with van der Waals surface area (Å²) in [6, 6.07) is 8.09. The highest BCUT2D eigenvalue weighted by atomic mass is 16.5.